The second-order valence-electron chi connectivity index (χ2n) is 6.45. The Morgan fingerprint density at radius 3 is 2.38 bits per heavy atom. The van der Waals surface area contributed by atoms with Gasteiger partial charge in [-0.2, -0.15) is 13.2 Å². The topological polar surface area (TPSA) is 12.9 Å². The number of alkyl halides is 3. The first-order valence-electron chi connectivity index (χ1n) is 7.69. The molecule has 1 aromatic heterocycles. The maximum atomic E-state index is 13.4. The fraction of sp³-hybridized carbons (Fsp3) is 0.389. The van der Waals surface area contributed by atoms with Crippen molar-refractivity contribution in [1.82, 2.24) is 4.37 Å². The Labute approximate surface area is 148 Å². The summed E-state index contributed by atoms with van der Waals surface area (Å²) in [4.78, 5) is 1.81. The summed E-state index contributed by atoms with van der Waals surface area (Å²) in [6.07, 6.45) is -1.04. The molecule has 3 rings (SSSR count). The first-order valence-corrected chi connectivity index (χ1v) is 9.28. The van der Waals surface area contributed by atoms with Crippen LogP contribution in [0.1, 0.15) is 41.8 Å². The van der Waals surface area contributed by atoms with Crippen molar-refractivity contribution in [3.8, 4) is 0 Å². The zero-order chi connectivity index (χ0) is 17.5. The van der Waals surface area contributed by atoms with E-state index in [1.165, 1.54) is 25.4 Å². The monoisotopic (exact) mass is 369 g/mol. The molecule has 2 aromatic rings. The van der Waals surface area contributed by atoms with E-state index in [9.17, 15) is 13.2 Å². The van der Waals surface area contributed by atoms with E-state index in [1.54, 1.807) is 0 Å². The van der Waals surface area contributed by atoms with Crippen LogP contribution in [0.15, 0.2) is 35.4 Å². The molecule has 0 radical (unpaired) electrons. The molecule has 1 nitrogen and oxygen atoms in total. The van der Waals surface area contributed by atoms with E-state index in [2.05, 4.69) is 4.37 Å². The molecule has 128 valence electrons. The predicted molar refractivity (Wildman–Crippen MR) is 95.4 cm³/mol. The molecule has 1 aliphatic rings. The highest BCUT2D eigenvalue weighted by Crippen LogP contribution is 2.50. The lowest BCUT2D eigenvalue weighted by molar-refractivity contribution is -0.150. The van der Waals surface area contributed by atoms with Crippen LogP contribution in [-0.4, -0.2) is 15.3 Å². The Bertz CT molecular complexity index is 770. The van der Waals surface area contributed by atoms with Crippen molar-refractivity contribution >= 4 is 28.9 Å². The van der Waals surface area contributed by atoms with Crippen LogP contribution in [0, 0.1) is 6.92 Å². The van der Waals surface area contributed by atoms with Crippen LogP contribution in [0.3, 0.4) is 0 Å². The highest BCUT2D eigenvalue weighted by Gasteiger charge is 2.49. The van der Waals surface area contributed by atoms with Crippen molar-refractivity contribution in [1.29, 1.82) is 0 Å². The number of hydrogen-bond acceptors (Lipinski definition) is 3. The van der Waals surface area contributed by atoms with E-state index in [0.29, 0.717) is 6.42 Å². The van der Waals surface area contributed by atoms with Crippen LogP contribution < -0.4 is 0 Å². The Hall–Kier alpha value is -1.27. The fourth-order valence-corrected chi connectivity index (χ4v) is 4.84. The Morgan fingerprint density at radius 1 is 1.08 bits per heavy atom. The van der Waals surface area contributed by atoms with Gasteiger partial charge in [-0.1, -0.05) is 29.8 Å². The maximum Gasteiger partial charge on any atom is 0.403 e. The molecule has 0 fully saturated rings. The van der Waals surface area contributed by atoms with Crippen LogP contribution in [0.4, 0.5) is 13.2 Å². The third kappa shape index (κ3) is 3.26. The normalized spacial score (nSPS) is 15.6. The number of aromatic nitrogens is 1. The van der Waals surface area contributed by atoms with Crippen molar-refractivity contribution in [2.24, 2.45) is 0 Å². The molecule has 0 amide bonds. The summed E-state index contributed by atoms with van der Waals surface area (Å²) in [7, 11) is 0. The minimum atomic E-state index is -4.25. The van der Waals surface area contributed by atoms with Crippen LogP contribution in [0.25, 0.3) is 5.57 Å². The van der Waals surface area contributed by atoms with E-state index >= 15 is 0 Å². The molecular weight excluding hydrogens is 351 g/mol. The first kappa shape index (κ1) is 17.5. The number of allylic oxidation sites excluding steroid dienone is 1. The Morgan fingerprint density at radius 2 is 1.75 bits per heavy atom. The molecule has 6 heteroatoms. The van der Waals surface area contributed by atoms with Crippen molar-refractivity contribution < 1.29 is 13.2 Å². The second kappa shape index (κ2) is 6.23. The zero-order valence-corrected chi connectivity index (χ0v) is 15.3. The number of hydrogen-bond donors (Lipinski definition) is 0. The van der Waals surface area contributed by atoms with E-state index < -0.39 is 10.9 Å². The molecule has 0 bridgehead atoms. The molecule has 1 aliphatic carbocycles. The minimum absolute atomic E-state index is 0.624. The van der Waals surface area contributed by atoms with Gasteiger partial charge < -0.3 is 0 Å². The van der Waals surface area contributed by atoms with Gasteiger partial charge in [0.1, 0.15) is 4.75 Å². The number of benzene rings is 1. The largest absolute Gasteiger partial charge is 0.403 e. The van der Waals surface area contributed by atoms with Gasteiger partial charge in [0.2, 0.25) is 0 Å². The van der Waals surface area contributed by atoms with E-state index in [1.807, 2.05) is 37.4 Å². The molecular formula is C18H18F3NS2. The molecule has 0 atom stereocenters. The molecule has 24 heavy (non-hydrogen) atoms. The highest BCUT2D eigenvalue weighted by molar-refractivity contribution is 8.04. The number of aryl methyl sites for hydroxylation is 2. The number of halogens is 3. The van der Waals surface area contributed by atoms with E-state index in [4.69, 9.17) is 0 Å². The first-order chi connectivity index (χ1) is 11.2. The van der Waals surface area contributed by atoms with Crippen molar-refractivity contribution in [3.63, 3.8) is 0 Å². The smallest absolute Gasteiger partial charge is 0.200 e. The summed E-state index contributed by atoms with van der Waals surface area (Å²) in [6.45, 7) is 4.50. The molecule has 0 unspecified atom stereocenters. The van der Waals surface area contributed by atoms with Gasteiger partial charge in [-0.3, -0.25) is 0 Å². The molecule has 0 N–H and O–H groups in total. The molecule has 0 saturated carbocycles. The number of thioether (sulfide) groups is 1. The number of rotatable bonds is 3. The van der Waals surface area contributed by atoms with Gasteiger partial charge in [-0.05, 0) is 61.2 Å². The standard InChI is InChI=1S/C18H18F3NS2/c1-11-4-6-12(7-5-11)15-14(23-17(2,3)18(19,20)21)9-8-13-10-22-24-16(13)15/h4-7,10H,8-9H2,1-3H3. The summed E-state index contributed by atoms with van der Waals surface area (Å²) < 4.78 is 42.5. The third-order valence-electron chi connectivity index (χ3n) is 4.17. The van der Waals surface area contributed by atoms with Crippen molar-refractivity contribution in [3.05, 3.63) is 56.9 Å². The summed E-state index contributed by atoms with van der Waals surface area (Å²) in [5, 5.41) is 0. The lowest BCUT2D eigenvalue weighted by Crippen LogP contribution is -2.36. The van der Waals surface area contributed by atoms with Crippen LogP contribution in [0.2, 0.25) is 0 Å². The lowest BCUT2D eigenvalue weighted by atomic mass is 9.93. The number of fused-ring (bicyclic) bond motifs is 1. The average Bonchev–Trinajstić information content (AvgIpc) is 2.95. The molecule has 0 saturated heterocycles. The Kier molecular flexibility index (Phi) is 4.55. The van der Waals surface area contributed by atoms with Gasteiger partial charge in [-0.25, -0.2) is 4.37 Å². The SMILES string of the molecule is Cc1ccc(C2=C(SC(C)(C)C(F)(F)F)CCc3cnsc32)cc1. The molecule has 0 aliphatic heterocycles. The van der Waals surface area contributed by atoms with E-state index in [-0.39, 0.29) is 0 Å². The van der Waals surface area contributed by atoms with Crippen LogP contribution in [-0.2, 0) is 6.42 Å². The summed E-state index contributed by atoms with van der Waals surface area (Å²) in [5.41, 5.74) is 4.14. The molecule has 1 aromatic carbocycles. The van der Waals surface area contributed by atoms with Gasteiger partial charge in [0.25, 0.3) is 0 Å². The summed E-state index contributed by atoms with van der Waals surface area (Å²) in [5.74, 6) is 0. The lowest BCUT2D eigenvalue weighted by Gasteiger charge is -2.30. The maximum absolute atomic E-state index is 13.4. The van der Waals surface area contributed by atoms with Gasteiger partial charge in [0.05, 0.1) is 4.88 Å². The van der Waals surface area contributed by atoms with Crippen LogP contribution in [0.5, 0.6) is 0 Å². The molecule has 0 spiro atoms. The third-order valence-corrected chi connectivity index (χ3v) is 6.43. The predicted octanol–water partition coefficient (Wildman–Crippen LogP) is 6.23. The van der Waals surface area contributed by atoms with E-state index in [0.717, 1.165) is 50.2 Å². The minimum Gasteiger partial charge on any atom is -0.200 e. The average molecular weight is 369 g/mol. The van der Waals surface area contributed by atoms with Gasteiger partial charge in [0.15, 0.2) is 0 Å². The quantitative estimate of drug-likeness (QED) is 0.636. The van der Waals surface area contributed by atoms with Crippen LogP contribution >= 0.6 is 23.3 Å². The summed E-state index contributed by atoms with van der Waals surface area (Å²) in [6, 6.07) is 7.96. The van der Waals surface area contributed by atoms with Gasteiger partial charge in [-0.15, -0.1) is 11.8 Å². The fourth-order valence-electron chi connectivity index (χ4n) is 2.62. The van der Waals surface area contributed by atoms with Gasteiger partial charge >= 0.3 is 6.18 Å². The second-order valence-corrected chi connectivity index (χ2v) is 8.97. The molecule has 1 heterocycles. The highest BCUT2D eigenvalue weighted by atomic mass is 32.2. The number of nitrogens with zero attached hydrogens (tertiary/aromatic N) is 1. The van der Waals surface area contributed by atoms with Crippen molar-refractivity contribution in [2.75, 3.05) is 0 Å². The Balaban J connectivity index is 2.11. The zero-order valence-electron chi connectivity index (χ0n) is 13.7. The van der Waals surface area contributed by atoms with Gasteiger partial charge in [0, 0.05) is 11.8 Å². The summed E-state index contributed by atoms with van der Waals surface area (Å²) >= 11 is 2.30. The van der Waals surface area contributed by atoms with Crippen molar-refractivity contribution in [2.45, 2.75) is 44.5 Å².